The molecular weight excluding hydrogens is 192 g/mol. The van der Waals surface area contributed by atoms with Gasteiger partial charge in [0.05, 0.1) is 0 Å². The molecule has 0 aliphatic carbocycles. The van der Waals surface area contributed by atoms with Crippen molar-refractivity contribution in [1.82, 2.24) is 4.90 Å². The molecule has 2 aliphatic rings. The fourth-order valence-electron chi connectivity index (χ4n) is 2.55. The van der Waals surface area contributed by atoms with Crippen LogP contribution in [0, 0.1) is 5.92 Å². The summed E-state index contributed by atoms with van der Waals surface area (Å²) in [6.45, 7) is 2.97. The molecule has 2 aliphatic heterocycles. The highest BCUT2D eigenvalue weighted by Gasteiger charge is 2.32. The molecule has 0 aromatic carbocycles. The molecule has 2 N–H and O–H groups in total. The second-order valence-electron chi connectivity index (χ2n) is 4.45. The van der Waals surface area contributed by atoms with Crippen LogP contribution in [0.5, 0.6) is 0 Å². The third-order valence-electron chi connectivity index (χ3n) is 3.50. The Hall–Kier alpha value is -0.610. The van der Waals surface area contributed by atoms with Crippen molar-refractivity contribution in [2.75, 3.05) is 26.3 Å². The Labute approximate surface area is 90.8 Å². The van der Waals surface area contributed by atoms with Gasteiger partial charge in [0.1, 0.15) is 0 Å². The van der Waals surface area contributed by atoms with E-state index < -0.39 is 0 Å². The van der Waals surface area contributed by atoms with Gasteiger partial charge in [-0.2, -0.15) is 0 Å². The van der Waals surface area contributed by atoms with Crippen LogP contribution < -0.4 is 5.73 Å². The molecule has 2 rings (SSSR count). The van der Waals surface area contributed by atoms with Gasteiger partial charge in [-0.05, 0) is 25.7 Å². The number of ether oxygens (including phenoxy) is 1. The minimum Gasteiger partial charge on any atom is -0.381 e. The van der Waals surface area contributed by atoms with Gasteiger partial charge in [0.2, 0.25) is 5.91 Å². The predicted octanol–water partition coefficient (Wildman–Crippen LogP) is 0.363. The average molecular weight is 212 g/mol. The summed E-state index contributed by atoms with van der Waals surface area (Å²) in [5.41, 5.74) is 5.67. The minimum absolute atomic E-state index is 0.186. The molecule has 15 heavy (non-hydrogen) atoms. The summed E-state index contributed by atoms with van der Waals surface area (Å²) >= 11 is 0. The van der Waals surface area contributed by atoms with E-state index in [-0.39, 0.29) is 5.92 Å². The standard InChI is InChI=1S/C11H20N2O2/c12-8-10-2-1-5-13(10)11(14)9-3-6-15-7-4-9/h9-10H,1-8,12H2. The molecule has 1 unspecified atom stereocenters. The Kier molecular flexibility index (Phi) is 3.59. The van der Waals surface area contributed by atoms with Crippen LogP contribution in [-0.2, 0) is 9.53 Å². The molecule has 2 fully saturated rings. The lowest BCUT2D eigenvalue weighted by Crippen LogP contribution is -2.44. The number of nitrogens with two attached hydrogens (primary N) is 1. The van der Waals surface area contributed by atoms with Gasteiger partial charge in [0, 0.05) is 38.3 Å². The van der Waals surface area contributed by atoms with Gasteiger partial charge in [0.15, 0.2) is 0 Å². The topological polar surface area (TPSA) is 55.6 Å². The van der Waals surface area contributed by atoms with E-state index in [4.69, 9.17) is 10.5 Å². The molecule has 2 heterocycles. The van der Waals surface area contributed by atoms with Crippen LogP contribution in [0.2, 0.25) is 0 Å². The van der Waals surface area contributed by atoms with Gasteiger partial charge in [0.25, 0.3) is 0 Å². The highest BCUT2D eigenvalue weighted by Crippen LogP contribution is 2.23. The van der Waals surface area contributed by atoms with Gasteiger partial charge in [-0.1, -0.05) is 0 Å². The number of hydrogen-bond acceptors (Lipinski definition) is 3. The Balaban J connectivity index is 1.93. The van der Waals surface area contributed by atoms with E-state index in [9.17, 15) is 4.79 Å². The molecule has 2 saturated heterocycles. The molecule has 4 nitrogen and oxygen atoms in total. The predicted molar refractivity (Wildman–Crippen MR) is 57.3 cm³/mol. The van der Waals surface area contributed by atoms with Crippen molar-refractivity contribution in [3.05, 3.63) is 0 Å². The molecule has 0 saturated carbocycles. The van der Waals surface area contributed by atoms with Crippen molar-refractivity contribution in [1.29, 1.82) is 0 Å². The zero-order valence-electron chi connectivity index (χ0n) is 9.15. The molecule has 0 spiro atoms. The lowest BCUT2D eigenvalue weighted by molar-refractivity contribution is -0.139. The van der Waals surface area contributed by atoms with Crippen LogP contribution in [-0.4, -0.2) is 43.2 Å². The van der Waals surface area contributed by atoms with Crippen LogP contribution >= 0.6 is 0 Å². The molecule has 4 heteroatoms. The van der Waals surface area contributed by atoms with Crippen LogP contribution in [0.25, 0.3) is 0 Å². The fourth-order valence-corrected chi connectivity index (χ4v) is 2.55. The van der Waals surface area contributed by atoms with Crippen molar-refractivity contribution in [3.63, 3.8) is 0 Å². The average Bonchev–Trinajstić information content (AvgIpc) is 2.77. The number of amides is 1. The molecule has 1 amide bonds. The number of rotatable bonds is 2. The van der Waals surface area contributed by atoms with Crippen LogP contribution in [0.1, 0.15) is 25.7 Å². The lowest BCUT2D eigenvalue weighted by atomic mass is 9.98. The van der Waals surface area contributed by atoms with Crippen LogP contribution in [0.4, 0.5) is 0 Å². The highest BCUT2D eigenvalue weighted by molar-refractivity contribution is 5.79. The van der Waals surface area contributed by atoms with Crippen LogP contribution in [0.15, 0.2) is 0 Å². The Morgan fingerprint density at radius 1 is 1.33 bits per heavy atom. The highest BCUT2D eigenvalue weighted by atomic mass is 16.5. The minimum atomic E-state index is 0.186. The number of nitrogens with zero attached hydrogens (tertiary/aromatic N) is 1. The fraction of sp³-hybridized carbons (Fsp3) is 0.909. The summed E-state index contributed by atoms with van der Waals surface area (Å²) in [7, 11) is 0. The van der Waals surface area contributed by atoms with Crippen molar-refractivity contribution >= 4 is 5.91 Å². The number of likely N-dealkylation sites (tertiary alicyclic amines) is 1. The maximum absolute atomic E-state index is 12.2. The number of carbonyl (C=O) groups is 1. The molecule has 0 aromatic rings. The van der Waals surface area contributed by atoms with Crippen molar-refractivity contribution in [3.8, 4) is 0 Å². The van der Waals surface area contributed by atoms with E-state index in [1.54, 1.807) is 0 Å². The van der Waals surface area contributed by atoms with Crippen molar-refractivity contribution in [2.24, 2.45) is 11.7 Å². The first-order valence-electron chi connectivity index (χ1n) is 5.91. The summed E-state index contributed by atoms with van der Waals surface area (Å²) < 4.78 is 5.27. The quantitative estimate of drug-likeness (QED) is 0.719. The molecule has 0 bridgehead atoms. The first-order chi connectivity index (χ1) is 7.33. The monoisotopic (exact) mass is 212 g/mol. The summed E-state index contributed by atoms with van der Waals surface area (Å²) in [5.74, 6) is 0.497. The van der Waals surface area contributed by atoms with E-state index in [1.807, 2.05) is 4.90 Å². The van der Waals surface area contributed by atoms with E-state index in [2.05, 4.69) is 0 Å². The summed E-state index contributed by atoms with van der Waals surface area (Å²) in [5, 5.41) is 0. The van der Waals surface area contributed by atoms with Crippen molar-refractivity contribution < 1.29 is 9.53 Å². The van der Waals surface area contributed by atoms with Gasteiger partial charge in [-0.25, -0.2) is 0 Å². The smallest absolute Gasteiger partial charge is 0.226 e. The second kappa shape index (κ2) is 4.94. The first-order valence-corrected chi connectivity index (χ1v) is 5.91. The molecule has 1 atom stereocenters. The Morgan fingerprint density at radius 2 is 2.07 bits per heavy atom. The van der Waals surface area contributed by atoms with Gasteiger partial charge in [-0.15, -0.1) is 0 Å². The Bertz CT molecular complexity index is 227. The SMILES string of the molecule is NCC1CCCN1C(=O)C1CCOCC1. The lowest BCUT2D eigenvalue weighted by Gasteiger charge is -2.30. The molecule has 0 radical (unpaired) electrons. The van der Waals surface area contributed by atoms with Gasteiger partial charge >= 0.3 is 0 Å². The molecular formula is C11H20N2O2. The van der Waals surface area contributed by atoms with Crippen LogP contribution in [0.3, 0.4) is 0 Å². The van der Waals surface area contributed by atoms with Gasteiger partial charge in [-0.3, -0.25) is 4.79 Å². The Morgan fingerprint density at radius 3 is 2.73 bits per heavy atom. The van der Waals surface area contributed by atoms with Crippen molar-refractivity contribution in [2.45, 2.75) is 31.7 Å². The number of carbonyl (C=O) groups excluding carboxylic acids is 1. The molecule has 86 valence electrons. The summed E-state index contributed by atoms with van der Waals surface area (Å²) in [6.07, 6.45) is 3.95. The third-order valence-corrected chi connectivity index (χ3v) is 3.50. The normalized spacial score (nSPS) is 28.3. The maximum Gasteiger partial charge on any atom is 0.226 e. The largest absolute Gasteiger partial charge is 0.381 e. The van der Waals surface area contributed by atoms with E-state index >= 15 is 0 Å². The maximum atomic E-state index is 12.2. The van der Waals surface area contributed by atoms with E-state index in [0.29, 0.717) is 18.5 Å². The zero-order valence-corrected chi connectivity index (χ0v) is 9.15. The van der Waals surface area contributed by atoms with E-state index in [1.165, 1.54) is 0 Å². The second-order valence-corrected chi connectivity index (χ2v) is 4.45. The zero-order chi connectivity index (χ0) is 10.7. The summed E-state index contributed by atoms with van der Waals surface area (Å²) in [6, 6.07) is 0.292. The van der Waals surface area contributed by atoms with Gasteiger partial charge < -0.3 is 15.4 Å². The van der Waals surface area contributed by atoms with E-state index in [0.717, 1.165) is 45.4 Å². The molecule has 0 aromatic heterocycles. The third kappa shape index (κ3) is 2.32. The summed E-state index contributed by atoms with van der Waals surface area (Å²) in [4.78, 5) is 14.2. The number of hydrogen-bond donors (Lipinski definition) is 1. The first kappa shape index (κ1) is 10.9.